The van der Waals surface area contributed by atoms with E-state index < -0.39 is 0 Å². The molecule has 1 aliphatic rings. The lowest BCUT2D eigenvalue weighted by Gasteiger charge is -2.34. The molecule has 3 aromatic rings. The Morgan fingerprint density at radius 1 is 0.966 bits per heavy atom. The van der Waals surface area contributed by atoms with Gasteiger partial charge in [0.25, 0.3) is 5.91 Å². The zero-order valence-corrected chi connectivity index (χ0v) is 16.8. The third-order valence-corrected chi connectivity index (χ3v) is 5.87. The van der Waals surface area contributed by atoms with Crippen LogP contribution in [-0.4, -0.2) is 67.7 Å². The third-order valence-electron chi connectivity index (χ3n) is 4.73. The van der Waals surface area contributed by atoms with Gasteiger partial charge < -0.3 is 9.80 Å². The van der Waals surface area contributed by atoms with Gasteiger partial charge in [0.1, 0.15) is 4.88 Å². The molecule has 0 aromatic carbocycles. The van der Waals surface area contributed by atoms with Crippen molar-refractivity contribution in [2.24, 2.45) is 0 Å². The minimum atomic E-state index is -0.0565. The minimum absolute atomic E-state index is 0.0354. The van der Waals surface area contributed by atoms with Crippen molar-refractivity contribution in [3.8, 4) is 10.8 Å². The molecule has 148 valence electrons. The van der Waals surface area contributed by atoms with Gasteiger partial charge in [-0.25, -0.2) is 15.0 Å². The first-order valence-electron chi connectivity index (χ1n) is 9.33. The second-order valence-electron chi connectivity index (χ2n) is 6.68. The van der Waals surface area contributed by atoms with Gasteiger partial charge in [-0.05, 0) is 25.1 Å². The summed E-state index contributed by atoms with van der Waals surface area (Å²) in [6.07, 6.45) is 5.28. The second kappa shape index (κ2) is 8.44. The largest absolute Gasteiger partial charge is 0.339 e. The molecular formula is C20H20N6O2S. The first-order chi connectivity index (χ1) is 14.1. The monoisotopic (exact) mass is 408 g/mol. The van der Waals surface area contributed by atoms with Gasteiger partial charge in [-0.15, -0.1) is 11.3 Å². The van der Waals surface area contributed by atoms with E-state index in [4.69, 9.17) is 0 Å². The van der Waals surface area contributed by atoms with Gasteiger partial charge in [0, 0.05) is 50.5 Å². The Morgan fingerprint density at radius 2 is 1.66 bits per heavy atom. The van der Waals surface area contributed by atoms with Crippen LogP contribution >= 0.6 is 11.3 Å². The van der Waals surface area contributed by atoms with Crippen molar-refractivity contribution in [2.75, 3.05) is 26.2 Å². The van der Waals surface area contributed by atoms with Gasteiger partial charge in [0.2, 0.25) is 5.91 Å². The van der Waals surface area contributed by atoms with Crippen molar-refractivity contribution in [1.29, 1.82) is 0 Å². The summed E-state index contributed by atoms with van der Waals surface area (Å²) in [5, 5.41) is 0.635. The SMILES string of the molecule is Cc1nc(-c2ncccn2)sc1C(=O)N1CCN(C(=O)Cc2ccccn2)CC1. The molecular weight excluding hydrogens is 388 g/mol. The van der Waals surface area contributed by atoms with E-state index in [2.05, 4.69) is 19.9 Å². The number of aryl methyl sites for hydroxylation is 1. The van der Waals surface area contributed by atoms with Crippen LogP contribution in [0.4, 0.5) is 0 Å². The number of hydrogen-bond acceptors (Lipinski definition) is 7. The zero-order valence-electron chi connectivity index (χ0n) is 16.0. The quantitative estimate of drug-likeness (QED) is 0.654. The molecule has 4 rings (SSSR count). The fourth-order valence-corrected chi connectivity index (χ4v) is 4.15. The number of nitrogens with zero attached hydrogens (tertiary/aromatic N) is 6. The Morgan fingerprint density at radius 3 is 2.34 bits per heavy atom. The predicted molar refractivity (Wildman–Crippen MR) is 108 cm³/mol. The van der Waals surface area contributed by atoms with E-state index in [-0.39, 0.29) is 18.2 Å². The summed E-state index contributed by atoms with van der Waals surface area (Å²) in [4.78, 5) is 46.7. The average molecular weight is 408 g/mol. The molecule has 29 heavy (non-hydrogen) atoms. The van der Waals surface area contributed by atoms with Crippen LogP contribution in [0.1, 0.15) is 21.1 Å². The van der Waals surface area contributed by atoms with E-state index in [1.807, 2.05) is 25.1 Å². The topological polar surface area (TPSA) is 92.2 Å². The molecule has 0 bridgehead atoms. The molecule has 0 saturated carbocycles. The number of carbonyl (C=O) groups excluding carboxylic acids is 2. The first kappa shape index (κ1) is 19.1. The van der Waals surface area contributed by atoms with Crippen molar-refractivity contribution in [3.63, 3.8) is 0 Å². The normalized spacial score (nSPS) is 14.1. The fourth-order valence-electron chi connectivity index (χ4n) is 3.17. The van der Waals surface area contributed by atoms with E-state index in [0.29, 0.717) is 47.6 Å². The molecule has 4 heterocycles. The van der Waals surface area contributed by atoms with E-state index in [1.54, 1.807) is 34.5 Å². The third kappa shape index (κ3) is 4.29. The molecule has 0 spiro atoms. The standard InChI is InChI=1S/C20H20N6O2S/c1-14-17(29-19(24-14)18-22-7-4-8-23-18)20(28)26-11-9-25(10-12-26)16(27)13-15-5-2-3-6-21-15/h2-8H,9-13H2,1H3. The lowest BCUT2D eigenvalue weighted by Crippen LogP contribution is -2.51. The molecule has 1 saturated heterocycles. The van der Waals surface area contributed by atoms with Crippen molar-refractivity contribution in [2.45, 2.75) is 13.3 Å². The van der Waals surface area contributed by atoms with Crippen LogP contribution in [0.25, 0.3) is 10.8 Å². The minimum Gasteiger partial charge on any atom is -0.339 e. The summed E-state index contributed by atoms with van der Waals surface area (Å²) >= 11 is 1.31. The molecule has 1 aliphatic heterocycles. The lowest BCUT2D eigenvalue weighted by atomic mass is 10.2. The van der Waals surface area contributed by atoms with Crippen LogP contribution < -0.4 is 0 Å². The zero-order chi connectivity index (χ0) is 20.2. The van der Waals surface area contributed by atoms with Crippen LogP contribution in [0.2, 0.25) is 0 Å². The maximum Gasteiger partial charge on any atom is 0.265 e. The van der Waals surface area contributed by atoms with Gasteiger partial charge in [0.05, 0.1) is 12.1 Å². The maximum absolute atomic E-state index is 13.0. The van der Waals surface area contributed by atoms with Crippen LogP contribution in [0.5, 0.6) is 0 Å². The molecule has 0 unspecified atom stereocenters. The van der Waals surface area contributed by atoms with Crippen LogP contribution in [0, 0.1) is 6.92 Å². The Hall–Kier alpha value is -3.20. The van der Waals surface area contributed by atoms with Gasteiger partial charge in [-0.1, -0.05) is 6.07 Å². The summed E-state index contributed by atoms with van der Waals surface area (Å²) in [5.41, 5.74) is 1.43. The van der Waals surface area contributed by atoms with Crippen molar-refractivity contribution >= 4 is 23.2 Å². The van der Waals surface area contributed by atoms with Gasteiger partial charge in [-0.2, -0.15) is 0 Å². The number of rotatable bonds is 4. The maximum atomic E-state index is 13.0. The van der Waals surface area contributed by atoms with Crippen molar-refractivity contribution < 1.29 is 9.59 Å². The smallest absolute Gasteiger partial charge is 0.265 e. The molecule has 2 amide bonds. The molecule has 9 heteroatoms. The van der Waals surface area contributed by atoms with Gasteiger partial charge in [-0.3, -0.25) is 14.6 Å². The summed E-state index contributed by atoms with van der Waals surface area (Å²) < 4.78 is 0. The molecule has 0 N–H and O–H groups in total. The Kier molecular flexibility index (Phi) is 5.57. The number of aromatic nitrogens is 4. The number of pyridine rings is 1. The Bertz CT molecular complexity index is 1000. The fraction of sp³-hybridized carbons (Fsp3) is 0.300. The van der Waals surface area contributed by atoms with Gasteiger partial charge in [0.15, 0.2) is 10.8 Å². The van der Waals surface area contributed by atoms with Crippen LogP contribution in [-0.2, 0) is 11.2 Å². The highest BCUT2D eigenvalue weighted by Crippen LogP contribution is 2.26. The summed E-state index contributed by atoms with van der Waals surface area (Å²) in [5.74, 6) is 0.497. The van der Waals surface area contributed by atoms with Crippen molar-refractivity contribution in [1.82, 2.24) is 29.7 Å². The van der Waals surface area contributed by atoms with Crippen LogP contribution in [0.15, 0.2) is 42.9 Å². The summed E-state index contributed by atoms with van der Waals surface area (Å²) in [6.45, 7) is 3.86. The van der Waals surface area contributed by atoms with E-state index in [9.17, 15) is 9.59 Å². The molecule has 8 nitrogen and oxygen atoms in total. The Balaban J connectivity index is 1.38. The van der Waals surface area contributed by atoms with E-state index in [0.717, 1.165) is 5.69 Å². The second-order valence-corrected chi connectivity index (χ2v) is 7.68. The number of amides is 2. The summed E-state index contributed by atoms with van der Waals surface area (Å²) in [6, 6.07) is 7.29. The number of carbonyl (C=O) groups is 2. The van der Waals surface area contributed by atoms with E-state index >= 15 is 0 Å². The Labute approximate surface area is 172 Å². The highest BCUT2D eigenvalue weighted by atomic mass is 32.1. The predicted octanol–water partition coefficient (Wildman–Crippen LogP) is 1.83. The molecule has 0 radical (unpaired) electrons. The molecule has 1 fully saturated rings. The lowest BCUT2D eigenvalue weighted by molar-refractivity contribution is -0.132. The first-order valence-corrected chi connectivity index (χ1v) is 10.2. The molecule has 0 atom stereocenters. The average Bonchev–Trinajstić information content (AvgIpc) is 3.16. The molecule has 0 aliphatic carbocycles. The van der Waals surface area contributed by atoms with E-state index in [1.165, 1.54) is 11.3 Å². The number of thiazole rings is 1. The van der Waals surface area contributed by atoms with Gasteiger partial charge >= 0.3 is 0 Å². The highest BCUT2D eigenvalue weighted by Gasteiger charge is 2.27. The molecule has 3 aromatic heterocycles. The highest BCUT2D eigenvalue weighted by molar-refractivity contribution is 7.17. The number of piperazine rings is 1. The van der Waals surface area contributed by atoms with Crippen LogP contribution in [0.3, 0.4) is 0 Å². The number of hydrogen-bond donors (Lipinski definition) is 0. The summed E-state index contributed by atoms with van der Waals surface area (Å²) in [7, 11) is 0. The van der Waals surface area contributed by atoms with Crippen molar-refractivity contribution in [3.05, 3.63) is 59.1 Å².